The van der Waals surface area contributed by atoms with E-state index in [1.54, 1.807) is 0 Å². The summed E-state index contributed by atoms with van der Waals surface area (Å²) in [5.74, 6) is 0.777. The fraction of sp³-hybridized carbons (Fsp3) is 1.00. The van der Waals surface area contributed by atoms with E-state index in [1.165, 1.54) is 25.9 Å². The fourth-order valence-corrected chi connectivity index (χ4v) is 2.06. The van der Waals surface area contributed by atoms with E-state index >= 15 is 0 Å². The molecule has 3 nitrogen and oxygen atoms in total. The number of nitrogens with zero attached hydrogens (tertiary/aromatic N) is 1. The third-order valence-corrected chi connectivity index (χ3v) is 3.05. The Bertz CT molecular complexity index is 143. The molecular formula is C9H18N2O. The van der Waals surface area contributed by atoms with Crippen LogP contribution < -0.4 is 5.73 Å². The number of nitrogens with two attached hydrogens (primary N) is 1. The van der Waals surface area contributed by atoms with Crippen LogP contribution in [0.2, 0.25) is 0 Å². The Balaban J connectivity index is 1.71. The van der Waals surface area contributed by atoms with E-state index in [2.05, 4.69) is 4.90 Å². The van der Waals surface area contributed by atoms with Gasteiger partial charge in [0.1, 0.15) is 0 Å². The smallest absolute Gasteiger partial charge is 0.0507 e. The molecule has 2 aliphatic rings. The van der Waals surface area contributed by atoms with Crippen LogP contribution in [0.5, 0.6) is 0 Å². The molecule has 2 fully saturated rings. The molecule has 2 unspecified atom stereocenters. The van der Waals surface area contributed by atoms with E-state index in [0.717, 1.165) is 25.7 Å². The summed E-state index contributed by atoms with van der Waals surface area (Å²) in [5, 5.41) is 0. The van der Waals surface area contributed by atoms with Gasteiger partial charge >= 0.3 is 0 Å². The van der Waals surface area contributed by atoms with E-state index in [0.29, 0.717) is 6.04 Å². The van der Waals surface area contributed by atoms with Crippen molar-refractivity contribution in [3.05, 3.63) is 0 Å². The van der Waals surface area contributed by atoms with Gasteiger partial charge in [0.2, 0.25) is 0 Å². The second kappa shape index (κ2) is 3.73. The molecule has 0 amide bonds. The molecule has 0 spiro atoms. The highest BCUT2D eigenvalue weighted by atomic mass is 16.5. The second-order valence-electron chi connectivity index (χ2n) is 3.90. The molecule has 3 heteroatoms. The highest BCUT2D eigenvalue weighted by molar-refractivity contribution is 4.85. The Labute approximate surface area is 73.9 Å². The van der Waals surface area contributed by atoms with Crippen LogP contribution in [0.1, 0.15) is 12.8 Å². The SMILES string of the molecule is NCC1CCN1CC1CCOC1. The summed E-state index contributed by atoms with van der Waals surface area (Å²) in [6.45, 7) is 5.22. The lowest BCUT2D eigenvalue weighted by molar-refractivity contribution is 0.0720. The zero-order chi connectivity index (χ0) is 8.39. The molecule has 0 saturated carbocycles. The number of rotatable bonds is 3. The lowest BCUT2D eigenvalue weighted by Gasteiger charge is -2.41. The molecule has 0 aromatic heterocycles. The largest absolute Gasteiger partial charge is 0.381 e. The van der Waals surface area contributed by atoms with Gasteiger partial charge in [-0.15, -0.1) is 0 Å². The lowest BCUT2D eigenvalue weighted by Crippen LogP contribution is -2.53. The van der Waals surface area contributed by atoms with Gasteiger partial charge in [-0.2, -0.15) is 0 Å². The minimum absolute atomic E-state index is 0.672. The summed E-state index contributed by atoms with van der Waals surface area (Å²) in [7, 11) is 0. The summed E-state index contributed by atoms with van der Waals surface area (Å²) in [5.41, 5.74) is 5.63. The van der Waals surface area contributed by atoms with Gasteiger partial charge in [0.05, 0.1) is 6.61 Å². The van der Waals surface area contributed by atoms with Gasteiger partial charge in [-0.05, 0) is 18.8 Å². The Morgan fingerprint density at radius 3 is 2.83 bits per heavy atom. The molecular weight excluding hydrogens is 152 g/mol. The maximum absolute atomic E-state index is 5.63. The highest BCUT2D eigenvalue weighted by Crippen LogP contribution is 2.21. The van der Waals surface area contributed by atoms with Crippen LogP contribution in [0.4, 0.5) is 0 Å². The summed E-state index contributed by atoms with van der Waals surface area (Å²) >= 11 is 0. The van der Waals surface area contributed by atoms with Crippen molar-refractivity contribution in [1.29, 1.82) is 0 Å². The van der Waals surface area contributed by atoms with E-state index < -0.39 is 0 Å². The molecule has 70 valence electrons. The standard InChI is InChI=1S/C9H18N2O/c10-5-9-1-3-11(9)6-8-2-4-12-7-8/h8-9H,1-7,10H2. The maximum Gasteiger partial charge on any atom is 0.0507 e. The minimum atomic E-state index is 0.672. The molecule has 0 aromatic rings. The number of likely N-dealkylation sites (tertiary alicyclic amines) is 1. The highest BCUT2D eigenvalue weighted by Gasteiger charge is 2.29. The molecule has 0 bridgehead atoms. The predicted octanol–water partition coefficient (Wildman–Crippen LogP) is 0.0559. The molecule has 2 rings (SSSR count). The minimum Gasteiger partial charge on any atom is -0.381 e. The van der Waals surface area contributed by atoms with E-state index in [1.807, 2.05) is 0 Å². The molecule has 2 aliphatic heterocycles. The van der Waals surface area contributed by atoms with Gasteiger partial charge in [-0.25, -0.2) is 0 Å². The van der Waals surface area contributed by atoms with Crippen molar-refractivity contribution >= 4 is 0 Å². The molecule has 0 radical (unpaired) electrons. The van der Waals surface area contributed by atoms with Crippen LogP contribution >= 0.6 is 0 Å². The van der Waals surface area contributed by atoms with Crippen LogP contribution in [0.15, 0.2) is 0 Å². The van der Waals surface area contributed by atoms with Gasteiger partial charge in [0.25, 0.3) is 0 Å². The summed E-state index contributed by atoms with van der Waals surface area (Å²) in [4.78, 5) is 2.50. The first kappa shape index (κ1) is 8.48. The molecule has 0 aliphatic carbocycles. The van der Waals surface area contributed by atoms with Crippen LogP contribution in [-0.2, 0) is 4.74 Å². The average molecular weight is 170 g/mol. The third kappa shape index (κ3) is 1.63. The topological polar surface area (TPSA) is 38.5 Å². The summed E-state index contributed by atoms with van der Waals surface area (Å²) in [6, 6.07) is 0.672. The Morgan fingerprint density at radius 2 is 2.33 bits per heavy atom. The van der Waals surface area contributed by atoms with Crippen LogP contribution in [0, 0.1) is 5.92 Å². The van der Waals surface area contributed by atoms with Crippen LogP contribution in [0.3, 0.4) is 0 Å². The Morgan fingerprint density at radius 1 is 1.42 bits per heavy atom. The molecule has 2 N–H and O–H groups in total. The van der Waals surface area contributed by atoms with Crippen molar-refractivity contribution < 1.29 is 4.74 Å². The molecule has 12 heavy (non-hydrogen) atoms. The Hall–Kier alpha value is -0.120. The van der Waals surface area contributed by atoms with Crippen LogP contribution in [0.25, 0.3) is 0 Å². The number of hydrogen-bond donors (Lipinski definition) is 1. The normalized spacial score (nSPS) is 36.8. The maximum atomic E-state index is 5.63. The molecule has 2 heterocycles. The van der Waals surface area contributed by atoms with E-state index in [-0.39, 0.29) is 0 Å². The van der Waals surface area contributed by atoms with Crippen molar-refractivity contribution in [2.24, 2.45) is 11.7 Å². The fourth-order valence-electron chi connectivity index (χ4n) is 2.06. The van der Waals surface area contributed by atoms with Crippen molar-refractivity contribution in [1.82, 2.24) is 4.90 Å². The first-order valence-electron chi connectivity index (χ1n) is 4.92. The quantitative estimate of drug-likeness (QED) is 0.650. The predicted molar refractivity (Wildman–Crippen MR) is 48.0 cm³/mol. The first-order chi connectivity index (χ1) is 5.90. The lowest BCUT2D eigenvalue weighted by atomic mass is 9.99. The monoisotopic (exact) mass is 170 g/mol. The summed E-state index contributed by atoms with van der Waals surface area (Å²) in [6.07, 6.45) is 2.54. The van der Waals surface area contributed by atoms with Crippen molar-refractivity contribution in [3.8, 4) is 0 Å². The zero-order valence-electron chi connectivity index (χ0n) is 7.54. The number of hydrogen-bond acceptors (Lipinski definition) is 3. The molecule has 2 atom stereocenters. The van der Waals surface area contributed by atoms with Gasteiger partial charge in [0, 0.05) is 32.3 Å². The van der Waals surface area contributed by atoms with Crippen molar-refractivity contribution in [3.63, 3.8) is 0 Å². The van der Waals surface area contributed by atoms with Crippen molar-refractivity contribution in [2.45, 2.75) is 18.9 Å². The van der Waals surface area contributed by atoms with Crippen molar-refractivity contribution in [2.75, 3.05) is 32.8 Å². The number of ether oxygens (including phenoxy) is 1. The first-order valence-corrected chi connectivity index (χ1v) is 4.92. The van der Waals surface area contributed by atoms with Gasteiger partial charge < -0.3 is 10.5 Å². The van der Waals surface area contributed by atoms with Gasteiger partial charge in [-0.1, -0.05) is 0 Å². The van der Waals surface area contributed by atoms with Gasteiger partial charge in [-0.3, -0.25) is 4.90 Å². The molecule has 0 aromatic carbocycles. The average Bonchev–Trinajstić information content (AvgIpc) is 2.51. The molecule has 2 saturated heterocycles. The second-order valence-corrected chi connectivity index (χ2v) is 3.90. The van der Waals surface area contributed by atoms with Crippen LogP contribution in [-0.4, -0.2) is 43.8 Å². The zero-order valence-corrected chi connectivity index (χ0v) is 7.54. The van der Waals surface area contributed by atoms with E-state index in [9.17, 15) is 0 Å². The third-order valence-electron chi connectivity index (χ3n) is 3.05. The summed E-state index contributed by atoms with van der Waals surface area (Å²) < 4.78 is 5.34. The van der Waals surface area contributed by atoms with E-state index in [4.69, 9.17) is 10.5 Å². The van der Waals surface area contributed by atoms with Gasteiger partial charge in [0.15, 0.2) is 0 Å². The Kier molecular flexibility index (Phi) is 2.63.